The van der Waals surface area contributed by atoms with Crippen LogP contribution in [0.15, 0.2) is 53.0 Å². The number of benzene rings is 2. The van der Waals surface area contributed by atoms with Crippen molar-refractivity contribution in [3.63, 3.8) is 0 Å². The maximum Gasteiger partial charge on any atom is 0.133 e. The molecule has 2 atom stereocenters. The predicted octanol–water partition coefficient (Wildman–Crippen LogP) is 4.55. The highest BCUT2D eigenvalue weighted by Crippen LogP contribution is 2.27. The van der Waals surface area contributed by atoms with Crippen LogP contribution in [0.1, 0.15) is 30.4 Å². The molecule has 0 bridgehead atoms. The van der Waals surface area contributed by atoms with Crippen LogP contribution in [0.3, 0.4) is 0 Å². The lowest BCUT2D eigenvalue weighted by atomic mass is 9.92. The van der Waals surface area contributed by atoms with Gasteiger partial charge in [-0.1, -0.05) is 43.3 Å². The topological polar surface area (TPSA) is 29.5 Å². The van der Waals surface area contributed by atoms with Gasteiger partial charge in [-0.2, -0.15) is 0 Å². The summed E-state index contributed by atoms with van der Waals surface area (Å²) >= 11 is 3.48. The number of hydrogen-bond donors (Lipinski definition) is 1. The molecule has 2 nitrogen and oxygen atoms in total. The normalized spacial score (nSPS) is 13.7. The highest BCUT2D eigenvalue weighted by molar-refractivity contribution is 9.10. The fraction of sp³-hybridized carbons (Fsp3) is 0.333. The lowest BCUT2D eigenvalue weighted by molar-refractivity contribution is 0.157. The smallest absolute Gasteiger partial charge is 0.133 e. The molecule has 2 aromatic carbocycles. The van der Waals surface area contributed by atoms with Gasteiger partial charge in [-0.3, -0.25) is 0 Å². The zero-order chi connectivity index (χ0) is 15.2. The molecule has 0 saturated carbocycles. The minimum absolute atomic E-state index is 0.347. The van der Waals surface area contributed by atoms with E-state index >= 15 is 0 Å². The zero-order valence-corrected chi connectivity index (χ0v) is 14.0. The highest BCUT2D eigenvalue weighted by Gasteiger charge is 2.13. The molecule has 0 aliphatic heterocycles. The van der Waals surface area contributed by atoms with Gasteiger partial charge in [-0.25, -0.2) is 0 Å². The van der Waals surface area contributed by atoms with Crippen LogP contribution in [0.25, 0.3) is 0 Å². The van der Waals surface area contributed by atoms with E-state index in [0.717, 1.165) is 22.2 Å². The van der Waals surface area contributed by atoms with Crippen LogP contribution in [0.4, 0.5) is 0 Å². The molecule has 2 unspecified atom stereocenters. The Hall–Kier alpha value is -1.32. The minimum atomic E-state index is -0.347. The van der Waals surface area contributed by atoms with Gasteiger partial charge in [0.1, 0.15) is 5.75 Å². The minimum Gasteiger partial charge on any atom is -0.496 e. The van der Waals surface area contributed by atoms with Crippen molar-refractivity contribution in [3.05, 3.63) is 64.1 Å². The second-order valence-corrected chi connectivity index (χ2v) is 6.23. The van der Waals surface area contributed by atoms with Gasteiger partial charge in [0, 0.05) is 0 Å². The lowest BCUT2D eigenvalue weighted by Gasteiger charge is -2.17. The van der Waals surface area contributed by atoms with Gasteiger partial charge in [0.15, 0.2) is 0 Å². The summed E-state index contributed by atoms with van der Waals surface area (Å²) in [5.74, 6) is 1.16. The molecule has 2 rings (SSSR count). The first-order valence-corrected chi connectivity index (χ1v) is 7.95. The lowest BCUT2D eigenvalue weighted by Crippen LogP contribution is -2.14. The Kier molecular flexibility index (Phi) is 5.83. The third-order valence-electron chi connectivity index (χ3n) is 3.68. The Bertz CT molecular complexity index is 569. The molecule has 0 aliphatic carbocycles. The van der Waals surface area contributed by atoms with Gasteiger partial charge in [0.2, 0.25) is 0 Å². The average molecular weight is 349 g/mol. The molecule has 0 heterocycles. The molecular formula is C18H21BrO2. The standard InChI is InChI=1S/C18H21BrO2/c1-13(15-6-4-3-5-7-15)10-16(20)11-14-8-9-18(21-2)17(19)12-14/h3-9,12-13,16,20H,10-11H2,1-2H3. The molecule has 3 heteroatoms. The molecule has 1 N–H and O–H groups in total. The van der Waals surface area contributed by atoms with Crippen LogP contribution in [-0.4, -0.2) is 18.3 Å². The summed E-state index contributed by atoms with van der Waals surface area (Å²) in [4.78, 5) is 0. The summed E-state index contributed by atoms with van der Waals surface area (Å²) in [6, 6.07) is 16.3. The highest BCUT2D eigenvalue weighted by atomic mass is 79.9. The summed E-state index contributed by atoms with van der Waals surface area (Å²) in [5.41, 5.74) is 2.38. The van der Waals surface area contributed by atoms with Crippen molar-refractivity contribution < 1.29 is 9.84 Å². The molecule has 21 heavy (non-hydrogen) atoms. The molecule has 0 radical (unpaired) electrons. The van der Waals surface area contributed by atoms with Crippen molar-refractivity contribution in [1.82, 2.24) is 0 Å². The van der Waals surface area contributed by atoms with E-state index in [1.54, 1.807) is 7.11 Å². The Balaban J connectivity index is 1.95. The molecule has 0 saturated heterocycles. The van der Waals surface area contributed by atoms with Crippen LogP contribution in [0.5, 0.6) is 5.75 Å². The van der Waals surface area contributed by atoms with E-state index in [0.29, 0.717) is 12.3 Å². The van der Waals surface area contributed by atoms with Crippen molar-refractivity contribution in [1.29, 1.82) is 0 Å². The summed E-state index contributed by atoms with van der Waals surface area (Å²) in [7, 11) is 1.65. The Morgan fingerprint density at radius 2 is 1.86 bits per heavy atom. The molecule has 0 spiro atoms. The maximum absolute atomic E-state index is 10.3. The first-order chi connectivity index (χ1) is 10.1. The van der Waals surface area contributed by atoms with Crippen molar-refractivity contribution in [2.75, 3.05) is 7.11 Å². The maximum atomic E-state index is 10.3. The van der Waals surface area contributed by atoms with E-state index in [9.17, 15) is 5.11 Å². The molecule has 0 aliphatic rings. The van der Waals surface area contributed by atoms with E-state index in [1.807, 2.05) is 36.4 Å². The number of methoxy groups -OCH3 is 1. The number of ether oxygens (including phenoxy) is 1. The fourth-order valence-corrected chi connectivity index (χ4v) is 3.11. The van der Waals surface area contributed by atoms with Crippen molar-refractivity contribution in [2.24, 2.45) is 0 Å². The molecule has 0 amide bonds. The van der Waals surface area contributed by atoms with Gasteiger partial charge >= 0.3 is 0 Å². The van der Waals surface area contributed by atoms with E-state index in [-0.39, 0.29) is 6.10 Å². The monoisotopic (exact) mass is 348 g/mol. The second kappa shape index (κ2) is 7.62. The van der Waals surface area contributed by atoms with Crippen LogP contribution in [-0.2, 0) is 6.42 Å². The van der Waals surface area contributed by atoms with Crippen LogP contribution in [0.2, 0.25) is 0 Å². The van der Waals surface area contributed by atoms with Crippen LogP contribution in [0, 0.1) is 0 Å². The number of aliphatic hydroxyl groups excluding tert-OH is 1. The summed E-state index contributed by atoms with van der Waals surface area (Å²) in [6.45, 7) is 2.16. The number of aliphatic hydroxyl groups is 1. The Labute approximate surface area is 134 Å². The first kappa shape index (κ1) is 16.1. The van der Waals surface area contributed by atoms with E-state index in [1.165, 1.54) is 5.56 Å². The molecule has 0 aromatic heterocycles. The first-order valence-electron chi connectivity index (χ1n) is 7.15. The van der Waals surface area contributed by atoms with Gasteiger partial charge in [0.05, 0.1) is 17.7 Å². The van der Waals surface area contributed by atoms with E-state index in [2.05, 4.69) is 35.0 Å². The van der Waals surface area contributed by atoms with Crippen molar-refractivity contribution in [2.45, 2.75) is 31.8 Å². The quantitative estimate of drug-likeness (QED) is 0.829. The SMILES string of the molecule is COc1ccc(CC(O)CC(C)c2ccccc2)cc1Br. The molecule has 2 aromatic rings. The number of halogens is 1. The van der Waals surface area contributed by atoms with Crippen molar-refractivity contribution in [3.8, 4) is 5.75 Å². The third kappa shape index (κ3) is 4.58. The fourth-order valence-electron chi connectivity index (χ4n) is 2.52. The van der Waals surface area contributed by atoms with Gasteiger partial charge in [0.25, 0.3) is 0 Å². The van der Waals surface area contributed by atoms with E-state index < -0.39 is 0 Å². The van der Waals surface area contributed by atoms with Gasteiger partial charge in [-0.15, -0.1) is 0 Å². The summed E-state index contributed by atoms with van der Waals surface area (Å²) in [5, 5.41) is 10.3. The summed E-state index contributed by atoms with van der Waals surface area (Å²) in [6.07, 6.45) is 1.06. The number of hydrogen-bond acceptors (Lipinski definition) is 2. The predicted molar refractivity (Wildman–Crippen MR) is 89.9 cm³/mol. The number of rotatable bonds is 6. The van der Waals surface area contributed by atoms with Crippen molar-refractivity contribution >= 4 is 15.9 Å². The second-order valence-electron chi connectivity index (χ2n) is 5.37. The third-order valence-corrected chi connectivity index (χ3v) is 4.30. The molecule has 0 fully saturated rings. The average Bonchev–Trinajstić information content (AvgIpc) is 2.48. The Morgan fingerprint density at radius 3 is 2.48 bits per heavy atom. The van der Waals surface area contributed by atoms with E-state index in [4.69, 9.17) is 4.74 Å². The summed E-state index contributed by atoms with van der Waals surface area (Å²) < 4.78 is 6.14. The van der Waals surface area contributed by atoms with Gasteiger partial charge < -0.3 is 9.84 Å². The van der Waals surface area contributed by atoms with Crippen LogP contribution >= 0.6 is 15.9 Å². The molecule has 112 valence electrons. The largest absolute Gasteiger partial charge is 0.496 e. The Morgan fingerprint density at radius 1 is 1.14 bits per heavy atom. The molecular weight excluding hydrogens is 328 g/mol. The van der Waals surface area contributed by atoms with Gasteiger partial charge in [-0.05, 0) is 57.9 Å². The van der Waals surface area contributed by atoms with Crippen LogP contribution < -0.4 is 4.74 Å². The zero-order valence-electron chi connectivity index (χ0n) is 12.4.